The normalized spacial score (nSPS) is 12.5. The number of nitrogens with two attached hydrogens (primary N) is 1. The van der Waals surface area contributed by atoms with Crippen LogP contribution in [0, 0.1) is 0 Å². The maximum absolute atomic E-state index is 11.2. The van der Waals surface area contributed by atoms with Gasteiger partial charge in [-0.3, -0.25) is 4.79 Å². The van der Waals surface area contributed by atoms with Crippen LogP contribution in [-0.2, 0) is 4.79 Å². The molecule has 3 N–H and O–H groups in total. The highest BCUT2D eigenvalue weighted by Gasteiger charge is 2.03. The van der Waals surface area contributed by atoms with Crippen molar-refractivity contribution >= 4 is 17.7 Å². The van der Waals surface area contributed by atoms with Gasteiger partial charge in [-0.25, -0.2) is 0 Å². The zero-order valence-corrected chi connectivity index (χ0v) is 10.7. The second-order valence-corrected chi connectivity index (χ2v) is 4.92. The number of nitrogens with one attached hydrogen (secondary N) is 1. The molecule has 0 aromatic carbocycles. The molecule has 0 saturated carbocycles. The summed E-state index contributed by atoms with van der Waals surface area (Å²) in [6.45, 7) is 2.65. The Morgan fingerprint density at radius 3 is 2.60 bits per heavy atom. The van der Waals surface area contributed by atoms with Gasteiger partial charge in [-0.15, -0.1) is 0 Å². The lowest BCUT2D eigenvalue weighted by molar-refractivity contribution is -0.121. The molecule has 0 bridgehead atoms. The van der Waals surface area contributed by atoms with Crippen LogP contribution in [0.4, 0.5) is 0 Å². The van der Waals surface area contributed by atoms with E-state index in [2.05, 4.69) is 11.6 Å². The number of unbranched alkanes of at least 4 members (excludes halogenated alkanes) is 3. The number of hydrogen-bond donors (Lipinski definition) is 2. The van der Waals surface area contributed by atoms with E-state index in [9.17, 15) is 4.79 Å². The van der Waals surface area contributed by atoms with Gasteiger partial charge in [-0.1, -0.05) is 12.8 Å². The van der Waals surface area contributed by atoms with E-state index in [0.717, 1.165) is 13.0 Å². The summed E-state index contributed by atoms with van der Waals surface area (Å²) < 4.78 is 0. The third-order valence-corrected chi connectivity index (χ3v) is 2.80. The standard InChI is InChI=1S/C11H24N2OS/c1-10(12)9-11(14)13-7-5-3-4-6-8-15-2/h10H,3-9,12H2,1-2H3,(H,13,14). The number of hydrogen-bond acceptors (Lipinski definition) is 3. The molecule has 0 radical (unpaired) electrons. The van der Waals surface area contributed by atoms with E-state index in [1.807, 2.05) is 18.7 Å². The van der Waals surface area contributed by atoms with Crippen LogP contribution in [0.15, 0.2) is 0 Å². The predicted octanol–water partition coefficient (Wildman–Crippen LogP) is 1.76. The highest BCUT2D eigenvalue weighted by molar-refractivity contribution is 7.98. The van der Waals surface area contributed by atoms with E-state index in [0.29, 0.717) is 6.42 Å². The number of carbonyl (C=O) groups excluding carboxylic acids is 1. The Bertz CT molecular complexity index is 163. The Labute approximate surface area is 97.6 Å². The summed E-state index contributed by atoms with van der Waals surface area (Å²) >= 11 is 1.89. The Balaban J connectivity index is 3.13. The topological polar surface area (TPSA) is 55.1 Å². The van der Waals surface area contributed by atoms with Crippen molar-refractivity contribution in [1.82, 2.24) is 5.32 Å². The molecular formula is C11H24N2OS. The molecule has 0 aliphatic heterocycles. The molecule has 3 nitrogen and oxygen atoms in total. The van der Waals surface area contributed by atoms with Gasteiger partial charge in [0.2, 0.25) is 5.91 Å². The first-order valence-corrected chi connectivity index (χ1v) is 7.07. The first-order valence-electron chi connectivity index (χ1n) is 5.68. The molecular weight excluding hydrogens is 208 g/mol. The third-order valence-electron chi connectivity index (χ3n) is 2.10. The molecule has 1 unspecified atom stereocenters. The quantitative estimate of drug-likeness (QED) is 0.596. The Morgan fingerprint density at radius 2 is 2.00 bits per heavy atom. The van der Waals surface area contributed by atoms with E-state index in [1.54, 1.807) is 0 Å². The van der Waals surface area contributed by atoms with Crippen molar-refractivity contribution in [2.75, 3.05) is 18.6 Å². The van der Waals surface area contributed by atoms with E-state index in [1.165, 1.54) is 25.0 Å². The third kappa shape index (κ3) is 11.7. The van der Waals surface area contributed by atoms with Crippen molar-refractivity contribution in [3.63, 3.8) is 0 Å². The van der Waals surface area contributed by atoms with Crippen LogP contribution in [-0.4, -0.2) is 30.5 Å². The predicted molar refractivity (Wildman–Crippen MR) is 68.1 cm³/mol. The minimum absolute atomic E-state index is 0.0356. The summed E-state index contributed by atoms with van der Waals surface area (Å²) in [6, 6.07) is -0.0356. The zero-order valence-electron chi connectivity index (χ0n) is 9.92. The minimum Gasteiger partial charge on any atom is -0.356 e. The summed E-state index contributed by atoms with van der Waals surface area (Å²) in [6.07, 6.45) is 7.41. The number of carbonyl (C=O) groups is 1. The van der Waals surface area contributed by atoms with Crippen LogP contribution < -0.4 is 11.1 Å². The second-order valence-electron chi connectivity index (χ2n) is 3.94. The molecule has 0 aromatic rings. The van der Waals surface area contributed by atoms with Crippen molar-refractivity contribution < 1.29 is 4.79 Å². The van der Waals surface area contributed by atoms with Gasteiger partial charge in [0.05, 0.1) is 0 Å². The first-order chi connectivity index (χ1) is 7.16. The van der Waals surface area contributed by atoms with Gasteiger partial charge >= 0.3 is 0 Å². The van der Waals surface area contributed by atoms with Crippen molar-refractivity contribution in [2.24, 2.45) is 5.73 Å². The molecule has 0 fully saturated rings. The second kappa shape index (κ2) is 10.3. The largest absolute Gasteiger partial charge is 0.356 e. The molecule has 4 heteroatoms. The summed E-state index contributed by atoms with van der Waals surface area (Å²) in [7, 11) is 0. The molecule has 0 aliphatic rings. The summed E-state index contributed by atoms with van der Waals surface area (Å²) in [5.41, 5.74) is 5.52. The van der Waals surface area contributed by atoms with Crippen molar-refractivity contribution in [1.29, 1.82) is 0 Å². The molecule has 1 amide bonds. The number of rotatable bonds is 9. The molecule has 1 atom stereocenters. The Morgan fingerprint density at radius 1 is 1.33 bits per heavy atom. The fourth-order valence-corrected chi connectivity index (χ4v) is 1.81. The molecule has 0 saturated heterocycles. The van der Waals surface area contributed by atoms with Gasteiger partial charge in [0.1, 0.15) is 0 Å². The summed E-state index contributed by atoms with van der Waals surface area (Å²) in [5.74, 6) is 1.32. The smallest absolute Gasteiger partial charge is 0.221 e. The van der Waals surface area contributed by atoms with Crippen LogP contribution in [0.25, 0.3) is 0 Å². The highest BCUT2D eigenvalue weighted by atomic mass is 32.2. The van der Waals surface area contributed by atoms with Crippen LogP contribution in [0.1, 0.15) is 39.0 Å². The van der Waals surface area contributed by atoms with Gasteiger partial charge in [0.25, 0.3) is 0 Å². The molecule has 0 spiro atoms. The van der Waals surface area contributed by atoms with Crippen molar-refractivity contribution in [2.45, 2.75) is 45.1 Å². The fraction of sp³-hybridized carbons (Fsp3) is 0.909. The molecule has 0 rings (SSSR count). The number of amides is 1. The van der Waals surface area contributed by atoms with E-state index in [-0.39, 0.29) is 11.9 Å². The van der Waals surface area contributed by atoms with Crippen LogP contribution in [0.2, 0.25) is 0 Å². The Kier molecular flexibility index (Phi) is 10.2. The SMILES string of the molecule is CSCCCCCCNC(=O)CC(C)N. The van der Waals surface area contributed by atoms with E-state index >= 15 is 0 Å². The maximum atomic E-state index is 11.2. The van der Waals surface area contributed by atoms with Crippen LogP contribution in [0.5, 0.6) is 0 Å². The van der Waals surface area contributed by atoms with Crippen LogP contribution >= 0.6 is 11.8 Å². The molecule has 15 heavy (non-hydrogen) atoms. The molecule has 0 aliphatic carbocycles. The molecule has 90 valence electrons. The maximum Gasteiger partial charge on any atom is 0.221 e. The molecule has 0 heterocycles. The van der Waals surface area contributed by atoms with Gasteiger partial charge in [-0.05, 0) is 31.8 Å². The average molecular weight is 232 g/mol. The van der Waals surface area contributed by atoms with Gasteiger partial charge < -0.3 is 11.1 Å². The zero-order chi connectivity index (χ0) is 11.5. The molecule has 0 aromatic heterocycles. The van der Waals surface area contributed by atoms with E-state index in [4.69, 9.17) is 5.73 Å². The average Bonchev–Trinajstić information content (AvgIpc) is 2.15. The summed E-state index contributed by atoms with van der Waals surface area (Å²) in [5, 5.41) is 2.88. The minimum atomic E-state index is -0.0356. The van der Waals surface area contributed by atoms with Gasteiger partial charge in [-0.2, -0.15) is 11.8 Å². The van der Waals surface area contributed by atoms with Crippen molar-refractivity contribution in [3.05, 3.63) is 0 Å². The lowest BCUT2D eigenvalue weighted by Gasteiger charge is -2.06. The highest BCUT2D eigenvalue weighted by Crippen LogP contribution is 2.03. The monoisotopic (exact) mass is 232 g/mol. The lowest BCUT2D eigenvalue weighted by Crippen LogP contribution is -2.30. The van der Waals surface area contributed by atoms with Gasteiger partial charge in [0, 0.05) is 19.0 Å². The number of thioether (sulfide) groups is 1. The van der Waals surface area contributed by atoms with E-state index < -0.39 is 0 Å². The van der Waals surface area contributed by atoms with Gasteiger partial charge in [0.15, 0.2) is 0 Å². The fourth-order valence-electron chi connectivity index (χ4n) is 1.32. The Hall–Kier alpha value is -0.220. The van der Waals surface area contributed by atoms with Crippen LogP contribution in [0.3, 0.4) is 0 Å². The summed E-state index contributed by atoms with van der Waals surface area (Å²) in [4.78, 5) is 11.2. The lowest BCUT2D eigenvalue weighted by atomic mass is 10.2. The first kappa shape index (κ1) is 14.8. The van der Waals surface area contributed by atoms with Crippen molar-refractivity contribution in [3.8, 4) is 0 Å².